The molecule has 0 radical (unpaired) electrons. The minimum Gasteiger partial charge on any atom is -0.504 e. The number of aromatic nitrogens is 2. The van der Waals surface area contributed by atoms with E-state index in [1.807, 2.05) is 0 Å². The van der Waals surface area contributed by atoms with Crippen LogP contribution in [0.25, 0.3) is 11.3 Å². The van der Waals surface area contributed by atoms with Crippen LogP contribution in [0.5, 0.6) is 11.5 Å². The van der Waals surface area contributed by atoms with Crippen molar-refractivity contribution in [1.82, 2.24) is 15.6 Å². The Balaban J connectivity index is 1.70. The minimum atomic E-state index is -0.493. The van der Waals surface area contributed by atoms with E-state index >= 15 is 0 Å². The third kappa shape index (κ3) is 4.21. The number of hydrazone groups is 1. The van der Waals surface area contributed by atoms with Crippen LogP contribution in [0.3, 0.4) is 0 Å². The molecule has 3 rings (SSSR count). The highest BCUT2D eigenvalue weighted by molar-refractivity contribution is 6.42. The molecule has 0 saturated heterocycles. The molecule has 7 nitrogen and oxygen atoms in total. The lowest BCUT2D eigenvalue weighted by Gasteiger charge is -2.04. The number of halogens is 2. The number of phenols is 1. The second-order valence-electron chi connectivity index (χ2n) is 5.39. The van der Waals surface area contributed by atoms with Crippen LogP contribution in [0.1, 0.15) is 16.1 Å². The number of nitrogens with one attached hydrogen (secondary N) is 2. The number of ether oxygens (including phenoxy) is 1. The number of H-pyrrole nitrogens is 1. The van der Waals surface area contributed by atoms with Gasteiger partial charge in [-0.1, -0.05) is 35.3 Å². The van der Waals surface area contributed by atoms with E-state index < -0.39 is 5.91 Å². The van der Waals surface area contributed by atoms with Crippen molar-refractivity contribution in [2.45, 2.75) is 0 Å². The van der Waals surface area contributed by atoms with Crippen LogP contribution in [0.4, 0.5) is 0 Å². The second kappa shape index (κ2) is 8.11. The maximum atomic E-state index is 12.2. The zero-order valence-corrected chi connectivity index (χ0v) is 15.5. The van der Waals surface area contributed by atoms with E-state index in [1.54, 1.807) is 42.5 Å². The number of aromatic hydroxyl groups is 1. The molecular weight excluding hydrogens is 391 g/mol. The summed E-state index contributed by atoms with van der Waals surface area (Å²) in [5.74, 6) is -0.251. The highest BCUT2D eigenvalue weighted by atomic mass is 35.5. The van der Waals surface area contributed by atoms with Gasteiger partial charge in [0.05, 0.1) is 29.1 Å². The molecular formula is C18H14Cl2N4O3. The van der Waals surface area contributed by atoms with E-state index in [-0.39, 0.29) is 11.4 Å². The van der Waals surface area contributed by atoms with Crippen LogP contribution in [0, 0.1) is 0 Å². The van der Waals surface area contributed by atoms with Crippen molar-refractivity contribution in [2.24, 2.45) is 5.10 Å². The maximum Gasteiger partial charge on any atom is 0.289 e. The van der Waals surface area contributed by atoms with Gasteiger partial charge in [-0.25, -0.2) is 5.43 Å². The average molecular weight is 405 g/mol. The molecule has 0 aliphatic rings. The Morgan fingerprint density at radius 1 is 1.26 bits per heavy atom. The summed E-state index contributed by atoms with van der Waals surface area (Å²) in [6.07, 6.45) is 1.31. The summed E-state index contributed by atoms with van der Waals surface area (Å²) >= 11 is 11.9. The highest BCUT2D eigenvalue weighted by Gasteiger charge is 2.12. The molecule has 27 heavy (non-hydrogen) atoms. The number of carbonyl (C=O) groups excluding carboxylic acids is 1. The van der Waals surface area contributed by atoms with E-state index in [1.165, 1.54) is 13.3 Å². The Labute approximate surface area is 164 Å². The zero-order chi connectivity index (χ0) is 19.4. The van der Waals surface area contributed by atoms with Gasteiger partial charge in [0.25, 0.3) is 5.91 Å². The van der Waals surface area contributed by atoms with Crippen LogP contribution in [-0.2, 0) is 0 Å². The van der Waals surface area contributed by atoms with E-state index in [9.17, 15) is 9.90 Å². The fourth-order valence-corrected chi connectivity index (χ4v) is 2.57. The Kier molecular flexibility index (Phi) is 5.63. The SMILES string of the molecule is COc1cccc(/C=N/NC(=O)c2cc(-c3ccc(Cl)c(Cl)c3)n[nH]2)c1O. The first-order chi connectivity index (χ1) is 13.0. The van der Waals surface area contributed by atoms with E-state index in [0.29, 0.717) is 32.6 Å². The highest BCUT2D eigenvalue weighted by Crippen LogP contribution is 2.28. The first-order valence-corrected chi connectivity index (χ1v) is 8.45. The monoisotopic (exact) mass is 404 g/mol. The summed E-state index contributed by atoms with van der Waals surface area (Å²) in [6, 6.07) is 11.6. The summed E-state index contributed by atoms with van der Waals surface area (Å²) < 4.78 is 5.01. The van der Waals surface area contributed by atoms with Crippen LogP contribution >= 0.6 is 23.2 Å². The van der Waals surface area contributed by atoms with Crippen molar-refractivity contribution in [3.63, 3.8) is 0 Å². The lowest BCUT2D eigenvalue weighted by molar-refractivity contribution is 0.0950. The minimum absolute atomic E-state index is 0.0681. The molecule has 2 aromatic carbocycles. The fourth-order valence-electron chi connectivity index (χ4n) is 2.27. The van der Waals surface area contributed by atoms with Gasteiger partial charge in [0.2, 0.25) is 0 Å². The summed E-state index contributed by atoms with van der Waals surface area (Å²) in [5.41, 5.74) is 4.22. The first-order valence-electron chi connectivity index (χ1n) is 7.70. The summed E-state index contributed by atoms with van der Waals surface area (Å²) in [5, 5.41) is 21.4. The smallest absolute Gasteiger partial charge is 0.289 e. The Bertz CT molecular complexity index is 1020. The van der Waals surface area contributed by atoms with E-state index in [4.69, 9.17) is 27.9 Å². The third-order valence-electron chi connectivity index (χ3n) is 3.66. The molecule has 138 valence electrons. The van der Waals surface area contributed by atoms with Gasteiger partial charge >= 0.3 is 0 Å². The van der Waals surface area contributed by atoms with Crippen LogP contribution in [-0.4, -0.2) is 34.5 Å². The zero-order valence-electron chi connectivity index (χ0n) is 14.0. The van der Waals surface area contributed by atoms with Gasteiger partial charge < -0.3 is 9.84 Å². The number of para-hydroxylation sites is 1. The molecule has 0 unspecified atom stereocenters. The Hall–Kier alpha value is -3.03. The van der Waals surface area contributed by atoms with Gasteiger partial charge in [0.15, 0.2) is 11.5 Å². The molecule has 3 N–H and O–H groups in total. The molecule has 1 aromatic heterocycles. The number of methoxy groups -OCH3 is 1. The summed E-state index contributed by atoms with van der Waals surface area (Å²) in [6.45, 7) is 0. The quantitative estimate of drug-likeness (QED) is 0.443. The molecule has 0 fully saturated rings. The standard InChI is InChI=1S/C18H14Cl2N4O3/c1-27-16-4-2-3-11(17(16)25)9-21-24-18(26)15-8-14(22-23-15)10-5-6-12(19)13(20)7-10/h2-9,25H,1H3,(H,22,23)(H,24,26)/b21-9+. The molecule has 0 atom stereocenters. The maximum absolute atomic E-state index is 12.2. The summed E-state index contributed by atoms with van der Waals surface area (Å²) in [7, 11) is 1.45. The molecule has 0 aliphatic heterocycles. The van der Waals surface area contributed by atoms with Crippen LogP contribution in [0.2, 0.25) is 10.0 Å². The Morgan fingerprint density at radius 3 is 2.81 bits per heavy atom. The molecule has 9 heteroatoms. The van der Waals surface area contributed by atoms with Crippen molar-refractivity contribution in [3.8, 4) is 22.8 Å². The molecule has 0 aliphatic carbocycles. The number of phenolic OH excluding ortho intramolecular Hbond substituents is 1. The number of rotatable bonds is 5. The number of hydrogen-bond donors (Lipinski definition) is 3. The van der Waals surface area contributed by atoms with E-state index in [0.717, 1.165) is 0 Å². The van der Waals surface area contributed by atoms with Gasteiger partial charge in [0, 0.05) is 11.1 Å². The molecule has 1 heterocycles. The van der Waals surface area contributed by atoms with Gasteiger partial charge in [-0.15, -0.1) is 0 Å². The van der Waals surface area contributed by atoms with Crippen molar-refractivity contribution in [1.29, 1.82) is 0 Å². The second-order valence-corrected chi connectivity index (χ2v) is 6.21. The predicted octanol–water partition coefficient (Wildman–Crippen LogP) is 3.86. The van der Waals surface area contributed by atoms with Gasteiger partial charge in [-0.3, -0.25) is 9.89 Å². The van der Waals surface area contributed by atoms with Crippen LogP contribution < -0.4 is 10.2 Å². The largest absolute Gasteiger partial charge is 0.504 e. The van der Waals surface area contributed by atoms with Gasteiger partial charge in [0.1, 0.15) is 5.69 Å². The summed E-state index contributed by atoms with van der Waals surface area (Å²) in [4.78, 5) is 12.2. The van der Waals surface area contributed by atoms with Crippen LogP contribution in [0.15, 0.2) is 47.6 Å². The van der Waals surface area contributed by atoms with Gasteiger partial charge in [-0.2, -0.15) is 10.2 Å². The third-order valence-corrected chi connectivity index (χ3v) is 4.40. The van der Waals surface area contributed by atoms with E-state index in [2.05, 4.69) is 20.7 Å². The molecule has 0 spiro atoms. The lowest BCUT2D eigenvalue weighted by Crippen LogP contribution is -2.18. The number of aromatic amines is 1. The van der Waals surface area contributed by atoms with Crippen molar-refractivity contribution in [2.75, 3.05) is 7.11 Å². The number of amides is 1. The fraction of sp³-hybridized carbons (Fsp3) is 0.0556. The normalized spacial score (nSPS) is 10.9. The predicted molar refractivity (Wildman–Crippen MR) is 104 cm³/mol. The number of nitrogens with zero attached hydrogens (tertiary/aromatic N) is 2. The number of hydrogen-bond acceptors (Lipinski definition) is 5. The Morgan fingerprint density at radius 2 is 2.07 bits per heavy atom. The topological polar surface area (TPSA) is 99.6 Å². The first kappa shape index (κ1) is 18.8. The van der Waals surface area contributed by atoms with Crippen molar-refractivity contribution < 1.29 is 14.6 Å². The number of carbonyl (C=O) groups is 1. The molecule has 0 saturated carbocycles. The molecule has 1 amide bonds. The lowest BCUT2D eigenvalue weighted by atomic mass is 10.1. The average Bonchev–Trinajstić information content (AvgIpc) is 3.15. The van der Waals surface area contributed by atoms with Crippen molar-refractivity contribution >= 4 is 35.3 Å². The number of benzene rings is 2. The van der Waals surface area contributed by atoms with Gasteiger partial charge in [-0.05, 0) is 30.3 Å². The molecule has 3 aromatic rings. The molecule has 0 bridgehead atoms. The van der Waals surface area contributed by atoms with Crippen molar-refractivity contribution in [3.05, 3.63) is 63.8 Å².